The van der Waals surface area contributed by atoms with Gasteiger partial charge in [0.25, 0.3) is 0 Å². The van der Waals surface area contributed by atoms with E-state index in [0.29, 0.717) is 29.0 Å². The first-order chi connectivity index (χ1) is 20.2. The molecular formula is C34H34O9. The van der Waals surface area contributed by atoms with E-state index in [2.05, 4.69) is 13.2 Å². The smallest absolute Gasteiger partial charge is 0.343 e. The van der Waals surface area contributed by atoms with Crippen molar-refractivity contribution in [3.8, 4) is 23.0 Å². The van der Waals surface area contributed by atoms with E-state index in [-0.39, 0.29) is 17.1 Å². The van der Waals surface area contributed by atoms with E-state index in [0.717, 1.165) is 12.2 Å². The molecule has 3 aromatic carbocycles. The highest BCUT2D eigenvalue weighted by Gasteiger charge is 2.33. The second-order valence-electron chi connectivity index (χ2n) is 10.8. The van der Waals surface area contributed by atoms with Gasteiger partial charge in [-0.3, -0.25) is 0 Å². The standard InChI is InChI=1S/C34H34O9/c1-8-29(35)39-25-14-10-24(11-15-25)32(38)41-28-19-18-27(20-22(28)3)40-31(37)23-12-16-26(17-13-23)42-33(4,5)21-34(6,7)43-30(36)9-2/h8-20H,1-2,21H2,3-7H3. The first-order valence-electron chi connectivity index (χ1n) is 13.3. The molecule has 0 aliphatic carbocycles. The Kier molecular flexibility index (Phi) is 10.3. The molecule has 0 saturated heterocycles. The van der Waals surface area contributed by atoms with Crippen LogP contribution in [0.15, 0.2) is 92.0 Å². The fourth-order valence-corrected chi connectivity index (χ4v) is 4.33. The van der Waals surface area contributed by atoms with Crippen LogP contribution in [0.5, 0.6) is 23.0 Å². The molecule has 3 rings (SSSR count). The highest BCUT2D eigenvalue weighted by atomic mass is 16.6. The molecule has 0 heterocycles. The molecule has 0 unspecified atom stereocenters. The molecule has 0 radical (unpaired) electrons. The molecule has 0 aliphatic rings. The number of aryl methyl sites for hydroxylation is 1. The van der Waals surface area contributed by atoms with Crippen molar-refractivity contribution < 1.29 is 42.9 Å². The Morgan fingerprint density at radius 2 is 1.16 bits per heavy atom. The molecule has 0 N–H and O–H groups in total. The van der Waals surface area contributed by atoms with E-state index in [9.17, 15) is 19.2 Å². The number of carbonyl (C=O) groups is 4. The summed E-state index contributed by atoms with van der Waals surface area (Å²) in [6, 6.07) is 17.0. The number of carbonyl (C=O) groups excluding carboxylic acids is 4. The molecule has 224 valence electrons. The zero-order chi connectivity index (χ0) is 31.8. The van der Waals surface area contributed by atoms with Gasteiger partial charge < -0.3 is 23.7 Å². The summed E-state index contributed by atoms with van der Waals surface area (Å²) < 4.78 is 27.5. The van der Waals surface area contributed by atoms with Crippen LogP contribution in [0.4, 0.5) is 0 Å². The van der Waals surface area contributed by atoms with Crippen molar-refractivity contribution in [3.05, 3.63) is 109 Å². The fraction of sp³-hybridized carbons (Fsp3) is 0.235. The quantitative estimate of drug-likeness (QED) is 0.132. The molecule has 0 amide bonds. The first-order valence-corrected chi connectivity index (χ1v) is 13.3. The van der Waals surface area contributed by atoms with Crippen molar-refractivity contribution in [1.82, 2.24) is 0 Å². The van der Waals surface area contributed by atoms with Gasteiger partial charge in [0.2, 0.25) is 0 Å². The minimum Gasteiger partial charge on any atom is -0.488 e. The monoisotopic (exact) mass is 586 g/mol. The van der Waals surface area contributed by atoms with Gasteiger partial charge in [-0.25, -0.2) is 19.2 Å². The summed E-state index contributed by atoms with van der Waals surface area (Å²) in [5, 5.41) is 0. The predicted molar refractivity (Wildman–Crippen MR) is 160 cm³/mol. The molecule has 9 heteroatoms. The van der Waals surface area contributed by atoms with Crippen LogP contribution in [-0.2, 0) is 14.3 Å². The highest BCUT2D eigenvalue weighted by molar-refractivity contribution is 5.92. The highest BCUT2D eigenvalue weighted by Crippen LogP contribution is 2.30. The average molecular weight is 587 g/mol. The molecule has 0 saturated carbocycles. The Bertz CT molecular complexity index is 1510. The van der Waals surface area contributed by atoms with Crippen LogP contribution in [0.25, 0.3) is 0 Å². The maximum atomic E-state index is 12.8. The van der Waals surface area contributed by atoms with Gasteiger partial charge in [0.05, 0.1) is 11.1 Å². The average Bonchev–Trinajstić information content (AvgIpc) is 2.93. The van der Waals surface area contributed by atoms with Crippen molar-refractivity contribution in [2.75, 3.05) is 0 Å². The lowest BCUT2D eigenvalue weighted by Gasteiger charge is -2.34. The molecular weight excluding hydrogens is 552 g/mol. The van der Waals surface area contributed by atoms with Crippen molar-refractivity contribution >= 4 is 23.9 Å². The minimum absolute atomic E-state index is 0.254. The van der Waals surface area contributed by atoms with Crippen LogP contribution >= 0.6 is 0 Å². The van der Waals surface area contributed by atoms with Gasteiger partial charge in [-0.2, -0.15) is 0 Å². The van der Waals surface area contributed by atoms with E-state index < -0.39 is 35.1 Å². The number of rotatable bonds is 12. The molecule has 43 heavy (non-hydrogen) atoms. The first kappa shape index (κ1) is 32.3. The Labute approximate surface area is 250 Å². The Morgan fingerprint density at radius 3 is 1.70 bits per heavy atom. The zero-order valence-electron chi connectivity index (χ0n) is 24.8. The summed E-state index contributed by atoms with van der Waals surface area (Å²) in [6.07, 6.45) is 2.57. The van der Waals surface area contributed by atoms with Gasteiger partial charge >= 0.3 is 23.9 Å². The summed E-state index contributed by atoms with van der Waals surface area (Å²) in [4.78, 5) is 48.3. The number of hydrogen-bond acceptors (Lipinski definition) is 9. The number of hydrogen-bond donors (Lipinski definition) is 0. The van der Waals surface area contributed by atoms with Crippen LogP contribution in [-0.4, -0.2) is 35.1 Å². The van der Waals surface area contributed by atoms with Crippen molar-refractivity contribution in [2.24, 2.45) is 0 Å². The third kappa shape index (κ3) is 9.71. The van der Waals surface area contributed by atoms with Gasteiger partial charge in [0, 0.05) is 18.6 Å². The van der Waals surface area contributed by atoms with Crippen LogP contribution in [0, 0.1) is 6.92 Å². The molecule has 0 aromatic heterocycles. The molecule has 0 spiro atoms. The second-order valence-corrected chi connectivity index (χ2v) is 10.8. The maximum absolute atomic E-state index is 12.8. The number of benzene rings is 3. The van der Waals surface area contributed by atoms with Gasteiger partial charge in [-0.05, 0) is 107 Å². The zero-order valence-corrected chi connectivity index (χ0v) is 24.8. The molecule has 0 bridgehead atoms. The SMILES string of the molecule is C=CC(=O)Oc1ccc(C(=O)Oc2ccc(OC(=O)c3ccc(OC(C)(C)CC(C)(C)OC(=O)C=C)cc3)cc2C)cc1. The van der Waals surface area contributed by atoms with Gasteiger partial charge in [-0.1, -0.05) is 13.2 Å². The lowest BCUT2D eigenvalue weighted by Crippen LogP contribution is -2.40. The van der Waals surface area contributed by atoms with Crippen LogP contribution in [0.3, 0.4) is 0 Å². The van der Waals surface area contributed by atoms with Crippen molar-refractivity contribution in [3.63, 3.8) is 0 Å². The van der Waals surface area contributed by atoms with Crippen LogP contribution in [0.1, 0.15) is 60.4 Å². The maximum Gasteiger partial charge on any atom is 0.343 e. The molecule has 0 atom stereocenters. The van der Waals surface area contributed by atoms with E-state index in [1.54, 1.807) is 51.1 Å². The lowest BCUT2D eigenvalue weighted by molar-refractivity contribution is -0.154. The summed E-state index contributed by atoms with van der Waals surface area (Å²) >= 11 is 0. The van der Waals surface area contributed by atoms with Gasteiger partial charge in [-0.15, -0.1) is 0 Å². The summed E-state index contributed by atoms with van der Waals surface area (Å²) in [7, 11) is 0. The number of esters is 4. The Hall–Kier alpha value is -5.18. The van der Waals surface area contributed by atoms with Gasteiger partial charge in [0.15, 0.2) is 0 Å². The summed E-state index contributed by atoms with van der Waals surface area (Å²) in [5.41, 5.74) is -0.327. The summed E-state index contributed by atoms with van der Waals surface area (Å²) in [5.74, 6) is -0.947. The van der Waals surface area contributed by atoms with Crippen LogP contribution < -0.4 is 18.9 Å². The van der Waals surface area contributed by atoms with E-state index >= 15 is 0 Å². The van der Waals surface area contributed by atoms with Crippen molar-refractivity contribution in [2.45, 2.75) is 52.2 Å². The largest absolute Gasteiger partial charge is 0.488 e. The van der Waals surface area contributed by atoms with Crippen molar-refractivity contribution in [1.29, 1.82) is 0 Å². The predicted octanol–water partition coefficient (Wildman–Crippen LogP) is 6.58. The molecule has 9 nitrogen and oxygen atoms in total. The third-order valence-corrected chi connectivity index (χ3v) is 5.91. The fourth-order valence-electron chi connectivity index (χ4n) is 4.33. The molecule has 0 aliphatic heterocycles. The summed E-state index contributed by atoms with van der Waals surface area (Å²) in [6.45, 7) is 15.8. The molecule has 3 aromatic rings. The Morgan fingerprint density at radius 1 is 0.651 bits per heavy atom. The van der Waals surface area contributed by atoms with Gasteiger partial charge in [0.1, 0.15) is 34.2 Å². The normalized spacial score (nSPS) is 11.1. The number of ether oxygens (including phenoxy) is 5. The molecule has 0 fully saturated rings. The lowest BCUT2D eigenvalue weighted by atomic mass is 9.92. The van der Waals surface area contributed by atoms with Crippen LogP contribution in [0.2, 0.25) is 0 Å². The second kappa shape index (κ2) is 13.7. The Balaban J connectivity index is 1.58. The van der Waals surface area contributed by atoms with E-state index in [1.807, 2.05) is 13.8 Å². The van der Waals surface area contributed by atoms with E-state index in [1.165, 1.54) is 36.4 Å². The topological polar surface area (TPSA) is 114 Å². The minimum atomic E-state index is -0.778. The van der Waals surface area contributed by atoms with E-state index in [4.69, 9.17) is 23.7 Å². The third-order valence-electron chi connectivity index (χ3n) is 5.91.